The van der Waals surface area contributed by atoms with Gasteiger partial charge in [-0.1, -0.05) is 19.9 Å². The quantitative estimate of drug-likeness (QED) is 0.499. The van der Waals surface area contributed by atoms with E-state index in [-0.39, 0.29) is 30.4 Å². The van der Waals surface area contributed by atoms with Crippen LogP contribution in [-0.2, 0) is 16.6 Å². The molecule has 2 N–H and O–H groups in total. The third kappa shape index (κ3) is 5.67. The van der Waals surface area contributed by atoms with Crippen molar-refractivity contribution in [3.8, 4) is 17.2 Å². The van der Waals surface area contributed by atoms with Gasteiger partial charge >= 0.3 is 6.03 Å². The fourth-order valence-electron chi connectivity index (χ4n) is 4.06. The molecule has 2 aromatic heterocycles. The fourth-order valence-corrected chi connectivity index (χ4v) is 5.35. The van der Waals surface area contributed by atoms with Crippen molar-refractivity contribution in [2.24, 2.45) is 0 Å². The average Bonchev–Trinajstić information content (AvgIpc) is 2.82. The van der Waals surface area contributed by atoms with Gasteiger partial charge in [-0.3, -0.25) is 9.88 Å². The van der Waals surface area contributed by atoms with Crippen LogP contribution >= 0.6 is 0 Å². The summed E-state index contributed by atoms with van der Waals surface area (Å²) in [6.45, 7) is 4.79. The summed E-state index contributed by atoms with van der Waals surface area (Å²) in [7, 11) is -3.94. The minimum Gasteiger partial charge on any atom is -0.306 e. The van der Waals surface area contributed by atoms with Crippen molar-refractivity contribution in [3.05, 3.63) is 77.6 Å². The molecule has 0 radical (unpaired) electrons. The summed E-state index contributed by atoms with van der Waals surface area (Å²) in [6.07, 6.45) is 4.81. The summed E-state index contributed by atoms with van der Waals surface area (Å²) in [6, 6.07) is 10.3. The van der Waals surface area contributed by atoms with Gasteiger partial charge < -0.3 is 5.32 Å². The number of aromatic nitrogens is 2. The zero-order valence-electron chi connectivity index (χ0n) is 19.8. The molecule has 11 heteroatoms. The Hall–Kier alpha value is -3.88. The van der Waals surface area contributed by atoms with Gasteiger partial charge in [-0.05, 0) is 52.9 Å². The molecule has 36 heavy (non-hydrogen) atoms. The van der Waals surface area contributed by atoms with Crippen molar-refractivity contribution < 1.29 is 17.6 Å². The Bertz CT molecular complexity index is 1420. The number of nitriles is 1. The summed E-state index contributed by atoms with van der Waals surface area (Å²) in [5, 5.41) is 11.1. The van der Waals surface area contributed by atoms with Crippen molar-refractivity contribution in [1.29, 1.82) is 5.26 Å². The highest BCUT2D eigenvalue weighted by Crippen LogP contribution is 2.36. The van der Waals surface area contributed by atoms with Crippen molar-refractivity contribution in [2.45, 2.75) is 31.6 Å². The third-order valence-electron chi connectivity index (χ3n) is 5.91. The van der Waals surface area contributed by atoms with Crippen LogP contribution in [0.25, 0.3) is 11.1 Å². The van der Waals surface area contributed by atoms with Gasteiger partial charge in [0.25, 0.3) is 0 Å². The zero-order valence-corrected chi connectivity index (χ0v) is 20.6. The first-order valence-corrected chi connectivity index (χ1v) is 12.8. The molecule has 0 bridgehead atoms. The predicted molar refractivity (Wildman–Crippen MR) is 133 cm³/mol. The Morgan fingerprint density at radius 1 is 1.25 bits per heavy atom. The molecule has 1 aromatic carbocycles. The molecule has 1 fully saturated rings. The Morgan fingerprint density at radius 2 is 2.03 bits per heavy atom. The zero-order chi connectivity index (χ0) is 25.9. The number of urea groups is 1. The number of benzene rings is 1. The molecule has 0 spiro atoms. The molecule has 4 rings (SSSR count). The van der Waals surface area contributed by atoms with E-state index in [1.807, 2.05) is 36.9 Å². The molecule has 3 heterocycles. The van der Waals surface area contributed by atoms with Gasteiger partial charge in [-0.15, -0.1) is 0 Å². The van der Waals surface area contributed by atoms with Gasteiger partial charge in [0.05, 0.1) is 5.69 Å². The number of pyridine rings is 2. The van der Waals surface area contributed by atoms with Gasteiger partial charge in [0.1, 0.15) is 22.8 Å². The monoisotopic (exact) mass is 508 g/mol. The van der Waals surface area contributed by atoms with E-state index in [1.165, 1.54) is 24.4 Å². The van der Waals surface area contributed by atoms with Crippen LogP contribution in [0.5, 0.6) is 0 Å². The molecule has 2 amide bonds. The molecule has 0 atom stereocenters. The first-order valence-electron chi connectivity index (χ1n) is 11.3. The number of halogens is 1. The lowest BCUT2D eigenvalue weighted by Gasteiger charge is -2.38. The highest BCUT2D eigenvalue weighted by molar-refractivity contribution is 7.90. The molecule has 0 unspecified atom stereocenters. The number of sulfonamides is 1. The van der Waals surface area contributed by atoms with Crippen LogP contribution in [0.1, 0.15) is 36.6 Å². The summed E-state index contributed by atoms with van der Waals surface area (Å²) >= 11 is 0. The maximum absolute atomic E-state index is 14.5. The van der Waals surface area contributed by atoms with Crippen molar-refractivity contribution in [3.63, 3.8) is 0 Å². The van der Waals surface area contributed by atoms with Gasteiger partial charge in [-0.2, -0.15) is 5.26 Å². The molecule has 0 saturated carbocycles. The number of hydrogen-bond donors (Lipinski definition) is 2. The summed E-state index contributed by atoms with van der Waals surface area (Å²) in [4.78, 5) is 22.8. The maximum Gasteiger partial charge on any atom is 0.332 e. The van der Waals surface area contributed by atoms with Gasteiger partial charge in [-0.25, -0.2) is 27.3 Å². The first-order chi connectivity index (χ1) is 17.2. The van der Waals surface area contributed by atoms with Crippen molar-refractivity contribution >= 4 is 21.7 Å². The SMILES string of the molecule is CC(C)c1cc(F)cc(-c2ccnc(C#N)c2)c1NC(=O)NS(=O)(=O)C1CN(Cc2cccnc2)C1. The van der Waals surface area contributed by atoms with Gasteiger partial charge in [0, 0.05) is 43.8 Å². The maximum atomic E-state index is 14.5. The van der Waals surface area contributed by atoms with Crippen LogP contribution in [0, 0.1) is 17.1 Å². The van der Waals surface area contributed by atoms with Crippen LogP contribution < -0.4 is 10.0 Å². The minimum atomic E-state index is -3.94. The van der Waals surface area contributed by atoms with Gasteiger partial charge in [0.15, 0.2) is 0 Å². The fraction of sp³-hybridized carbons (Fsp3) is 0.280. The Kier molecular flexibility index (Phi) is 7.28. The summed E-state index contributed by atoms with van der Waals surface area (Å²) < 4.78 is 42.2. The third-order valence-corrected chi connectivity index (χ3v) is 7.55. The molecule has 1 aliphatic rings. The van der Waals surface area contributed by atoms with Crippen LogP contribution in [0.2, 0.25) is 0 Å². The Labute approximate surface area is 209 Å². The van der Waals surface area contributed by atoms with Crippen LogP contribution in [0.3, 0.4) is 0 Å². The van der Waals surface area contributed by atoms with E-state index in [2.05, 4.69) is 20.0 Å². The lowest BCUT2D eigenvalue weighted by Crippen LogP contribution is -2.58. The Balaban J connectivity index is 1.51. The van der Waals surface area contributed by atoms with E-state index in [4.69, 9.17) is 0 Å². The number of nitrogens with zero attached hydrogens (tertiary/aromatic N) is 4. The predicted octanol–water partition coefficient (Wildman–Crippen LogP) is 3.61. The lowest BCUT2D eigenvalue weighted by molar-refractivity contribution is 0.175. The number of rotatable bonds is 7. The molecular formula is C25H25FN6O3S. The van der Waals surface area contributed by atoms with Gasteiger partial charge in [0.2, 0.25) is 10.0 Å². The topological polar surface area (TPSA) is 128 Å². The van der Waals surface area contributed by atoms with Crippen LogP contribution in [0.4, 0.5) is 14.9 Å². The van der Waals surface area contributed by atoms with E-state index in [9.17, 15) is 22.9 Å². The molecule has 1 aliphatic heterocycles. The molecule has 9 nitrogen and oxygen atoms in total. The molecular weight excluding hydrogens is 483 g/mol. The number of anilines is 1. The molecule has 186 valence electrons. The lowest BCUT2D eigenvalue weighted by atomic mass is 9.94. The highest BCUT2D eigenvalue weighted by Gasteiger charge is 2.38. The summed E-state index contributed by atoms with van der Waals surface area (Å²) in [5.41, 5.74) is 2.63. The minimum absolute atomic E-state index is 0.127. The van der Waals surface area contributed by atoms with E-state index in [1.54, 1.807) is 18.5 Å². The number of amides is 2. The smallest absolute Gasteiger partial charge is 0.306 e. The second kappa shape index (κ2) is 10.4. The number of carbonyl (C=O) groups is 1. The normalized spacial score (nSPS) is 14.2. The average molecular weight is 509 g/mol. The number of hydrogen-bond acceptors (Lipinski definition) is 7. The highest BCUT2D eigenvalue weighted by atomic mass is 32.2. The van der Waals surface area contributed by atoms with Crippen LogP contribution in [0.15, 0.2) is 55.0 Å². The second-order valence-corrected chi connectivity index (χ2v) is 10.9. The van der Waals surface area contributed by atoms with E-state index in [0.717, 1.165) is 5.56 Å². The van der Waals surface area contributed by atoms with Crippen molar-refractivity contribution in [1.82, 2.24) is 19.6 Å². The number of nitrogens with one attached hydrogen (secondary N) is 2. The summed E-state index contributed by atoms with van der Waals surface area (Å²) in [5.74, 6) is -0.706. The van der Waals surface area contributed by atoms with E-state index < -0.39 is 27.1 Å². The molecule has 1 saturated heterocycles. The molecule has 0 aliphatic carbocycles. The van der Waals surface area contributed by atoms with E-state index in [0.29, 0.717) is 23.2 Å². The molecule has 3 aromatic rings. The number of likely N-dealkylation sites (tertiary alicyclic amines) is 1. The van der Waals surface area contributed by atoms with Crippen LogP contribution in [-0.4, -0.2) is 47.7 Å². The van der Waals surface area contributed by atoms with E-state index >= 15 is 0 Å². The second-order valence-electron chi connectivity index (χ2n) is 8.89. The largest absolute Gasteiger partial charge is 0.332 e. The number of carbonyl (C=O) groups excluding carboxylic acids is 1. The van der Waals surface area contributed by atoms with Crippen molar-refractivity contribution in [2.75, 3.05) is 18.4 Å². The Morgan fingerprint density at radius 3 is 2.69 bits per heavy atom. The standard InChI is InChI=1S/C25H25FN6O3S/c1-16(2)22-9-19(26)10-23(18-5-7-29-20(8-18)11-27)24(22)30-25(33)31-36(34,35)21-14-32(15-21)13-17-4-3-6-28-12-17/h3-10,12,16,21H,13-15H2,1-2H3,(H2,30,31,33). The first kappa shape index (κ1) is 25.2.